The van der Waals surface area contributed by atoms with Crippen LogP contribution in [0.2, 0.25) is 0 Å². The largest absolute Gasteiger partial charge is 0.463 e. The first-order chi connectivity index (χ1) is 20.9. The van der Waals surface area contributed by atoms with Gasteiger partial charge in [0.15, 0.2) is 0 Å². The highest BCUT2D eigenvalue weighted by Crippen LogP contribution is 2.37. The number of nitrogens with zero attached hydrogens (tertiary/aromatic N) is 3. The molecule has 1 unspecified atom stereocenters. The van der Waals surface area contributed by atoms with E-state index in [1.165, 1.54) is 5.56 Å². The van der Waals surface area contributed by atoms with Crippen LogP contribution >= 0.6 is 0 Å². The third kappa shape index (κ3) is 7.30. The number of hydrogen-bond acceptors (Lipinski definition) is 5. The van der Waals surface area contributed by atoms with Crippen molar-refractivity contribution >= 4 is 23.9 Å². The van der Waals surface area contributed by atoms with Gasteiger partial charge in [0.25, 0.3) is 5.91 Å². The van der Waals surface area contributed by atoms with E-state index in [4.69, 9.17) is 4.74 Å². The molecule has 0 N–H and O–H groups in total. The highest BCUT2D eigenvalue weighted by atomic mass is 16.5. The molecule has 0 radical (unpaired) electrons. The van der Waals surface area contributed by atoms with E-state index in [1.807, 2.05) is 84.6 Å². The number of carbonyl (C=O) groups is 3. The summed E-state index contributed by atoms with van der Waals surface area (Å²) in [7, 11) is 0. The van der Waals surface area contributed by atoms with Crippen molar-refractivity contribution in [1.82, 2.24) is 14.7 Å². The van der Waals surface area contributed by atoms with Crippen molar-refractivity contribution in [2.75, 3.05) is 39.3 Å². The second-order valence-corrected chi connectivity index (χ2v) is 11.0. The van der Waals surface area contributed by atoms with Crippen LogP contribution in [0.1, 0.15) is 53.2 Å². The van der Waals surface area contributed by atoms with Gasteiger partial charge in [0.1, 0.15) is 0 Å². The van der Waals surface area contributed by atoms with Crippen LogP contribution in [0.3, 0.4) is 0 Å². The zero-order valence-electron chi connectivity index (χ0n) is 24.9. The standard InChI is InChI=1S/C36H39N3O4/c1-3-43-36(42)34-27(2)39(33(40)25-32(34)30-14-8-5-9-15-30)26-29-16-18-31(19-17-29)35(41)38-23-21-37(22-24-38)20-10-13-28-11-6-4-7-12-28/h4-19,32H,3,20-26H2,1-2H3. The molecule has 1 atom stereocenters. The van der Waals surface area contributed by atoms with Gasteiger partial charge in [-0.25, -0.2) is 4.79 Å². The first kappa shape index (κ1) is 30.0. The number of allylic oxidation sites excluding steroid dienone is 1. The first-order valence-electron chi connectivity index (χ1n) is 15.0. The summed E-state index contributed by atoms with van der Waals surface area (Å²) in [6.45, 7) is 8.07. The van der Waals surface area contributed by atoms with E-state index in [-0.39, 0.29) is 36.7 Å². The summed E-state index contributed by atoms with van der Waals surface area (Å²) < 4.78 is 5.40. The van der Waals surface area contributed by atoms with E-state index in [9.17, 15) is 14.4 Å². The maximum Gasteiger partial charge on any atom is 0.336 e. The number of ether oxygens (including phenoxy) is 1. The van der Waals surface area contributed by atoms with Gasteiger partial charge in [0.05, 0.1) is 18.7 Å². The fourth-order valence-corrected chi connectivity index (χ4v) is 5.80. The molecule has 5 rings (SSSR count). The van der Waals surface area contributed by atoms with E-state index in [1.54, 1.807) is 11.8 Å². The van der Waals surface area contributed by atoms with E-state index < -0.39 is 0 Å². The molecular formula is C36H39N3O4. The molecule has 1 fully saturated rings. The molecule has 0 saturated carbocycles. The second-order valence-electron chi connectivity index (χ2n) is 11.0. The van der Waals surface area contributed by atoms with Crippen LogP contribution in [-0.4, -0.2) is 71.8 Å². The average molecular weight is 578 g/mol. The number of piperazine rings is 1. The highest BCUT2D eigenvalue weighted by molar-refractivity contribution is 5.96. The summed E-state index contributed by atoms with van der Waals surface area (Å²) in [5, 5.41) is 0. The van der Waals surface area contributed by atoms with Gasteiger partial charge < -0.3 is 14.5 Å². The van der Waals surface area contributed by atoms with Gasteiger partial charge >= 0.3 is 5.97 Å². The fraction of sp³-hybridized carbons (Fsp3) is 0.306. The van der Waals surface area contributed by atoms with Crippen molar-refractivity contribution in [3.63, 3.8) is 0 Å². The summed E-state index contributed by atoms with van der Waals surface area (Å²) in [4.78, 5) is 45.5. The predicted octanol–water partition coefficient (Wildman–Crippen LogP) is 5.51. The van der Waals surface area contributed by atoms with Gasteiger partial charge in [-0.15, -0.1) is 0 Å². The SMILES string of the molecule is CCOC(=O)C1=C(C)N(Cc2ccc(C(=O)N3CCN(CC=Cc4ccccc4)CC3)cc2)C(=O)CC1c1ccccc1. The van der Waals surface area contributed by atoms with Gasteiger partial charge in [-0.05, 0) is 42.7 Å². The lowest BCUT2D eigenvalue weighted by atomic mass is 9.83. The Kier molecular flexibility index (Phi) is 9.84. The number of hydrogen-bond donors (Lipinski definition) is 0. The zero-order chi connectivity index (χ0) is 30.2. The molecular weight excluding hydrogens is 538 g/mol. The lowest BCUT2D eigenvalue weighted by molar-refractivity contribution is -0.140. The Hall–Kier alpha value is -4.49. The maximum absolute atomic E-state index is 13.3. The van der Waals surface area contributed by atoms with Gasteiger partial charge in [-0.3, -0.25) is 14.5 Å². The molecule has 43 heavy (non-hydrogen) atoms. The Morgan fingerprint density at radius 2 is 1.53 bits per heavy atom. The van der Waals surface area contributed by atoms with Crippen LogP contribution < -0.4 is 0 Å². The Labute approximate surface area is 254 Å². The smallest absolute Gasteiger partial charge is 0.336 e. The van der Waals surface area contributed by atoms with Crippen LogP contribution in [-0.2, 0) is 20.9 Å². The molecule has 0 aliphatic carbocycles. The molecule has 2 amide bonds. The molecule has 222 valence electrons. The van der Waals surface area contributed by atoms with Gasteiger partial charge in [0.2, 0.25) is 5.91 Å². The first-order valence-corrected chi connectivity index (χ1v) is 15.0. The topological polar surface area (TPSA) is 70.2 Å². The van der Waals surface area contributed by atoms with E-state index in [2.05, 4.69) is 29.2 Å². The number of carbonyl (C=O) groups excluding carboxylic acids is 3. The number of esters is 1. The summed E-state index contributed by atoms with van der Waals surface area (Å²) in [6, 6.07) is 27.3. The lowest BCUT2D eigenvalue weighted by Gasteiger charge is -2.35. The van der Waals surface area contributed by atoms with Crippen LogP contribution in [0.4, 0.5) is 0 Å². The Morgan fingerprint density at radius 1 is 0.884 bits per heavy atom. The molecule has 2 aliphatic rings. The minimum atomic E-state index is -0.389. The van der Waals surface area contributed by atoms with Crippen molar-refractivity contribution in [2.24, 2.45) is 0 Å². The van der Waals surface area contributed by atoms with Crippen LogP contribution in [0.15, 0.2) is 102 Å². The molecule has 0 aromatic heterocycles. The van der Waals surface area contributed by atoms with Crippen LogP contribution in [0, 0.1) is 0 Å². The number of benzene rings is 3. The molecule has 3 aromatic rings. The number of rotatable bonds is 9. The highest BCUT2D eigenvalue weighted by Gasteiger charge is 2.36. The minimum absolute atomic E-state index is 0.0199. The van der Waals surface area contributed by atoms with Crippen molar-refractivity contribution in [3.8, 4) is 0 Å². The van der Waals surface area contributed by atoms with E-state index in [0.717, 1.165) is 30.8 Å². The van der Waals surface area contributed by atoms with Crippen molar-refractivity contribution < 1.29 is 19.1 Å². The summed E-state index contributed by atoms with van der Waals surface area (Å²) in [5.41, 5.74) is 4.77. The summed E-state index contributed by atoms with van der Waals surface area (Å²) in [6.07, 6.45) is 4.50. The third-order valence-electron chi connectivity index (χ3n) is 8.19. The monoisotopic (exact) mass is 577 g/mol. The third-order valence-corrected chi connectivity index (χ3v) is 8.19. The minimum Gasteiger partial charge on any atom is -0.463 e. The van der Waals surface area contributed by atoms with E-state index >= 15 is 0 Å². The summed E-state index contributed by atoms with van der Waals surface area (Å²) in [5.74, 6) is -0.758. The number of amides is 2. The molecule has 2 aliphatic heterocycles. The summed E-state index contributed by atoms with van der Waals surface area (Å²) >= 11 is 0. The molecule has 0 bridgehead atoms. The molecule has 3 aromatic carbocycles. The zero-order valence-corrected chi connectivity index (χ0v) is 24.9. The quantitative estimate of drug-likeness (QED) is 0.314. The Balaban J connectivity index is 1.21. The lowest BCUT2D eigenvalue weighted by Crippen LogP contribution is -2.48. The fourth-order valence-electron chi connectivity index (χ4n) is 5.80. The Morgan fingerprint density at radius 3 is 2.19 bits per heavy atom. The molecule has 7 nitrogen and oxygen atoms in total. The predicted molar refractivity (Wildman–Crippen MR) is 168 cm³/mol. The van der Waals surface area contributed by atoms with Crippen LogP contribution in [0.25, 0.3) is 6.08 Å². The molecule has 1 saturated heterocycles. The Bertz CT molecular complexity index is 1470. The maximum atomic E-state index is 13.3. The van der Waals surface area contributed by atoms with Gasteiger partial charge in [0, 0.05) is 56.3 Å². The molecule has 0 spiro atoms. The molecule has 7 heteroatoms. The molecule has 2 heterocycles. The van der Waals surface area contributed by atoms with Crippen molar-refractivity contribution in [2.45, 2.75) is 32.7 Å². The van der Waals surface area contributed by atoms with E-state index in [0.29, 0.717) is 36.5 Å². The normalized spacial score (nSPS) is 17.9. The van der Waals surface area contributed by atoms with Crippen molar-refractivity contribution in [1.29, 1.82) is 0 Å². The van der Waals surface area contributed by atoms with Gasteiger partial charge in [-0.2, -0.15) is 0 Å². The second kappa shape index (κ2) is 14.1. The average Bonchev–Trinajstić information content (AvgIpc) is 3.04. The van der Waals surface area contributed by atoms with Crippen LogP contribution in [0.5, 0.6) is 0 Å². The van der Waals surface area contributed by atoms with Gasteiger partial charge in [-0.1, -0.05) is 84.9 Å². The van der Waals surface area contributed by atoms with Crippen molar-refractivity contribution in [3.05, 3.63) is 125 Å².